The van der Waals surface area contributed by atoms with Crippen molar-refractivity contribution >= 4 is 21.6 Å². The Morgan fingerprint density at radius 1 is 1.53 bits per heavy atom. The quantitative estimate of drug-likeness (QED) is 0.721. The van der Waals surface area contributed by atoms with Crippen molar-refractivity contribution in [2.24, 2.45) is 5.92 Å². The molecule has 0 aliphatic heterocycles. The number of nitrogens with two attached hydrogens (primary N) is 1. The minimum absolute atomic E-state index is 0.0981. The molecule has 17 heavy (non-hydrogen) atoms. The van der Waals surface area contributed by atoms with Crippen molar-refractivity contribution in [1.29, 1.82) is 0 Å². The summed E-state index contributed by atoms with van der Waals surface area (Å²) in [5.41, 5.74) is 1.10. The number of fused-ring (bicyclic) bond motifs is 3. The highest BCUT2D eigenvalue weighted by atomic mass is 32.1. The molecule has 1 aliphatic carbocycles. The van der Waals surface area contributed by atoms with Crippen LogP contribution >= 0.6 is 11.3 Å². The van der Waals surface area contributed by atoms with Crippen molar-refractivity contribution < 1.29 is 0 Å². The number of hydrogen-bond donors (Lipinski definition) is 1. The molecule has 0 aromatic carbocycles. The van der Waals surface area contributed by atoms with Crippen LogP contribution in [0.4, 0.5) is 0 Å². The predicted molar refractivity (Wildman–Crippen MR) is 70.0 cm³/mol. The fraction of sp³-hybridized carbons (Fsp3) is 0.500. The first-order valence-electron chi connectivity index (χ1n) is 5.87. The lowest BCUT2D eigenvalue weighted by atomic mass is 9.89. The smallest absolute Gasteiger partial charge is 0.280 e. The Morgan fingerprint density at radius 2 is 2.29 bits per heavy atom. The second-order valence-electron chi connectivity index (χ2n) is 4.87. The highest BCUT2D eigenvalue weighted by molar-refractivity contribution is 7.18. The van der Waals surface area contributed by atoms with Crippen LogP contribution < -0.4 is 11.4 Å². The Kier molecular flexibility index (Phi) is 2.26. The van der Waals surface area contributed by atoms with Gasteiger partial charge in [-0.1, -0.05) is 6.92 Å². The molecule has 0 fully saturated rings. The molecule has 2 N–H and O–H groups in total. The monoisotopic (exact) mass is 249 g/mol. The zero-order chi connectivity index (χ0) is 12.2. The number of nitrogen functional groups attached to an aromatic ring is 1. The molecule has 0 bridgehead atoms. The van der Waals surface area contributed by atoms with Crippen LogP contribution in [0.1, 0.15) is 29.6 Å². The Balaban J connectivity index is 2.38. The summed E-state index contributed by atoms with van der Waals surface area (Å²) in [4.78, 5) is 18.8. The Morgan fingerprint density at radius 3 is 3.06 bits per heavy atom. The van der Waals surface area contributed by atoms with Gasteiger partial charge in [-0.3, -0.25) is 4.79 Å². The SMILES string of the molecule is Cc1nc2sc3c(c2c(=O)n1N)CC(C)CC3. The largest absolute Gasteiger partial charge is 0.335 e. The van der Waals surface area contributed by atoms with Gasteiger partial charge in [-0.05, 0) is 37.7 Å². The minimum Gasteiger partial charge on any atom is -0.335 e. The zero-order valence-electron chi connectivity index (χ0n) is 9.99. The molecule has 2 heterocycles. The van der Waals surface area contributed by atoms with Crippen LogP contribution in [-0.4, -0.2) is 9.66 Å². The first-order chi connectivity index (χ1) is 8.08. The number of aromatic nitrogens is 2. The van der Waals surface area contributed by atoms with Crippen LogP contribution in [0.15, 0.2) is 4.79 Å². The van der Waals surface area contributed by atoms with Crippen molar-refractivity contribution in [3.8, 4) is 0 Å². The van der Waals surface area contributed by atoms with Gasteiger partial charge in [0, 0.05) is 4.88 Å². The van der Waals surface area contributed by atoms with E-state index in [-0.39, 0.29) is 5.56 Å². The Bertz CT molecular complexity index is 656. The van der Waals surface area contributed by atoms with E-state index in [2.05, 4.69) is 11.9 Å². The number of thiophene rings is 1. The molecule has 3 rings (SSSR count). The average molecular weight is 249 g/mol. The first kappa shape index (κ1) is 10.8. The molecular weight excluding hydrogens is 234 g/mol. The Labute approximate surface area is 103 Å². The summed E-state index contributed by atoms with van der Waals surface area (Å²) in [7, 11) is 0. The van der Waals surface area contributed by atoms with E-state index in [9.17, 15) is 4.79 Å². The maximum atomic E-state index is 12.2. The summed E-state index contributed by atoms with van der Waals surface area (Å²) in [6.07, 6.45) is 3.26. The van der Waals surface area contributed by atoms with Crippen molar-refractivity contribution in [3.05, 3.63) is 26.6 Å². The molecule has 90 valence electrons. The van der Waals surface area contributed by atoms with Crippen molar-refractivity contribution in [3.63, 3.8) is 0 Å². The van der Waals surface area contributed by atoms with Crippen LogP contribution in [0, 0.1) is 12.8 Å². The van der Waals surface area contributed by atoms with Crippen LogP contribution in [0.3, 0.4) is 0 Å². The molecule has 0 spiro atoms. The second-order valence-corrected chi connectivity index (χ2v) is 5.95. The van der Waals surface area contributed by atoms with Gasteiger partial charge in [0.05, 0.1) is 5.39 Å². The number of rotatable bonds is 0. The van der Waals surface area contributed by atoms with E-state index in [1.165, 1.54) is 16.9 Å². The molecule has 1 unspecified atom stereocenters. The van der Waals surface area contributed by atoms with E-state index in [1.54, 1.807) is 18.3 Å². The fourth-order valence-corrected chi connectivity index (χ4v) is 3.76. The van der Waals surface area contributed by atoms with Gasteiger partial charge >= 0.3 is 0 Å². The van der Waals surface area contributed by atoms with Gasteiger partial charge in [0.15, 0.2) is 0 Å². The summed E-state index contributed by atoms with van der Waals surface area (Å²) in [5, 5.41) is 0.754. The highest BCUT2D eigenvalue weighted by Crippen LogP contribution is 2.35. The van der Waals surface area contributed by atoms with Crippen LogP contribution in [0.2, 0.25) is 0 Å². The third kappa shape index (κ3) is 1.49. The molecule has 1 atom stereocenters. The molecule has 0 amide bonds. The van der Waals surface area contributed by atoms with Crippen LogP contribution in [-0.2, 0) is 12.8 Å². The van der Waals surface area contributed by atoms with Gasteiger partial charge in [-0.25, -0.2) is 9.66 Å². The van der Waals surface area contributed by atoms with Crippen LogP contribution in [0.25, 0.3) is 10.2 Å². The predicted octanol–water partition coefficient (Wildman–Crippen LogP) is 1.61. The van der Waals surface area contributed by atoms with Crippen molar-refractivity contribution in [1.82, 2.24) is 9.66 Å². The van der Waals surface area contributed by atoms with Crippen molar-refractivity contribution in [2.45, 2.75) is 33.1 Å². The van der Waals surface area contributed by atoms with E-state index in [4.69, 9.17) is 5.84 Å². The normalized spacial score (nSPS) is 19.5. The summed E-state index contributed by atoms with van der Waals surface area (Å²) >= 11 is 1.66. The maximum absolute atomic E-state index is 12.2. The van der Waals surface area contributed by atoms with E-state index in [0.29, 0.717) is 11.7 Å². The van der Waals surface area contributed by atoms with Gasteiger partial charge in [0.1, 0.15) is 10.7 Å². The van der Waals surface area contributed by atoms with Gasteiger partial charge in [-0.15, -0.1) is 11.3 Å². The molecule has 0 saturated carbocycles. The lowest BCUT2D eigenvalue weighted by Gasteiger charge is -2.17. The van der Waals surface area contributed by atoms with Gasteiger partial charge in [-0.2, -0.15) is 0 Å². The third-order valence-electron chi connectivity index (χ3n) is 3.53. The second kappa shape index (κ2) is 3.57. The molecule has 2 aromatic heterocycles. The topological polar surface area (TPSA) is 60.9 Å². The fourth-order valence-electron chi connectivity index (χ4n) is 2.51. The van der Waals surface area contributed by atoms with Gasteiger partial charge in [0.2, 0.25) is 0 Å². The summed E-state index contributed by atoms with van der Waals surface area (Å²) < 4.78 is 1.16. The zero-order valence-corrected chi connectivity index (χ0v) is 10.8. The molecule has 4 nitrogen and oxygen atoms in total. The van der Waals surface area contributed by atoms with E-state index in [1.807, 2.05) is 0 Å². The molecule has 2 aromatic rings. The molecular formula is C12H15N3OS. The molecule has 0 radical (unpaired) electrons. The lowest BCUT2D eigenvalue weighted by Crippen LogP contribution is -2.30. The number of nitrogens with zero attached hydrogens (tertiary/aromatic N) is 2. The summed E-state index contributed by atoms with van der Waals surface area (Å²) in [6.45, 7) is 4.00. The van der Waals surface area contributed by atoms with E-state index >= 15 is 0 Å². The first-order valence-corrected chi connectivity index (χ1v) is 6.68. The Hall–Kier alpha value is -1.36. The standard InChI is InChI=1S/C12H15N3OS/c1-6-3-4-9-8(5-6)10-11(17-9)14-7(2)15(13)12(10)16/h6H,3-5,13H2,1-2H3. The molecule has 1 aliphatic rings. The minimum atomic E-state index is -0.0981. The van der Waals surface area contributed by atoms with E-state index in [0.717, 1.165) is 27.7 Å². The average Bonchev–Trinajstić information content (AvgIpc) is 2.63. The number of aryl methyl sites for hydroxylation is 2. The van der Waals surface area contributed by atoms with E-state index < -0.39 is 0 Å². The van der Waals surface area contributed by atoms with Gasteiger partial charge < -0.3 is 5.84 Å². The molecule has 0 saturated heterocycles. The third-order valence-corrected chi connectivity index (χ3v) is 4.72. The summed E-state index contributed by atoms with van der Waals surface area (Å²) in [5.74, 6) is 6.94. The maximum Gasteiger partial charge on any atom is 0.280 e. The molecule has 5 heteroatoms. The number of hydrogen-bond acceptors (Lipinski definition) is 4. The highest BCUT2D eigenvalue weighted by Gasteiger charge is 2.23. The van der Waals surface area contributed by atoms with Crippen LogP contribution in [0.5, 0.6) is 0 Å². The van der Waals surface area contributed by atoms with Gasteiger partial charge in [0.25, 0.3) is 5.56 Å². The summed E-state index contributed by atoms with van der Waals surface area (Å²) in [6, 6.07) is 0. The lowest BCUT2D eigenvalue weighted by molar-refractivity contribution is 0.508. The van der Waals surface area contributed by atoms with Crippen molar-refractivity contribution in [2.75, 3.05) is 5.84 Å².